The molecule has 22 heavy (non-hydrogen) atoms. The van der Waals surface area contributed by atoms with Crippen molar-refractivity contribution in [2.45, 2.75) is 12.3 Å². The third kappa shape index (κ3) is 1.94. The third-order valence-electron chi connectivity index (χ3n) is 4.68. The van der Waals surface area contributed by atoms with Crippen LogP contribution in [-0.4, -0.2) is 0 Å². The molecular formula is C20H14Br2. The van der Waals surface area contributed by atoms with Crippen molar-refractivity contribution in [3.63, 3.8) is 0 Å². The Morgan fingerprint density at radius 2 is 1.18 bits per heavy atom. The number of fused-ring (bicyclic) bond motifs is 3. The Bertz CT molecular complexity index is 815. The lowest BCUT2D eigenvalue weighted by Gasteiger charge is -2.28. The predicted octanol–water partition coefficient (Wildman–Crippen LogP) is 6.55. The Kier molecular flexibility index (Phi) is 3.28. The van der Waals surface area contributed by atoms with Crippen LogP contribution in [0.5, 0.6) is 0 Å². The molecule has 0 aromatic heterocycles. The molecule has 0 amide bonds. The van der Waals surface area contributed by atoms with Gasteiger partial charge in [-0.25, -0.2) is 0 Å². The largest absolute Gasteiger partial charge is 0.0622 e. The Hall–Kier alpha value is -1.38. The fourth-order valence-electron chi connectivity index (χ4n) is 3.56. The van der Waals surface area contributed by atoms with Gasteiger partial charge >= 0.3 is 0 Å². The monoisotopic (exact) mass is 412 g/mol. The van der Waals surface area contributed by atoms with E-state index in [9.17, 15) is 0 Å². The quantitative estimate of drug-likeness (QED) is 0.424. The number of hydrogen-bond acceptors (Lipinski definition) is 0. The van der Waals surface area contributed by atoms with Crippen LogP contribution in [-0.2, 0) is 5.41 Å². The minimum atomic E-state index is -0.126. The molecule has 0 heterocycles. The van der Waals surface area contributed by atoms with Crippen LogP contribution in [0.15, 0.2) is 75.7 Å². The van der Waals surface area contributed by atoms with Crippen LogP contribution in [0.3, 0.4) is 0 Å². The van der Waals surface area contributed by atoms with Crippen molar-refractivity contribution >= 4 is 31.9 Å². The summed E-state index contributed by atoms with van der Waals surface area (Å²) < 4.78 is 2.25. The second kappa shape index (κ2) is 5.07. The highest BCUT2D eigenvalue weighted by Crippen LogP contribution is 2.53. The van der Waals surface area contributed by atoms with Crippen molar-refractivity contribution in [3.05, 3.63) is 92.4 Å². The van der Waals surface area contributed by atoms with E-state index in [2.05, 4.69) is 106 Å². The third-order valence-corrected chi connectivity index (χ3v) is 5.67. The summed E-state index contributed by atoms with van der Waals surface area (Å²) in [5.74, 6) is 0. The van der Waals surface area contributed by atoms with Gasteiger partial charge in [-0.3, -0.25) is 0 Å². The van der Waals surface area contributed by atoms with E-state index in [-0.39, 0.29) is 5.41 Å². The molecule has 3 aromatic carbocycles. The van der Waals surface area contributed by atoms with Gasteiger partial charge in [-0.05, 0) is 59.0 Å². The van der Waals surface area contributed by atoms with Gasteiger partial charge in [0, 0.05) is 14.4 Å². The first-order chi connectivity index (χ1) is 10.6. The lowest BCUT2D eigenvalue weighted by atomic mass is 9.74. The molecule has 4 rings (SSSR count). The molecule has 0 saturated carbocycles. The van der Waals surface area contributed by atoms with Gasteiger partial charge in [-0.2, -0.15) is 0 Å². The van der Waals surface area contributed by atoms with Crippen LogP contribution in [0.4, 0.5) is 0 Å². The van der Waals surface area contributed by atoms with Gasteiger partial charge in [0.25, 0.3) is 0 Å². The summed E-state index contributed by atoms with van der Waals surface area (Å²) in [6.07, 6.45) is 0. The Labute approximate surface area is 147 Å². The van der Waals surface area contributed by atoms with Crippen molar-refractivity contribution in [1.82, 2.24) is 0 Å². The van der Waals surface area contributed by atoms with E-state index < -0.39 is 0 Å². The molecular weight excluding hydrogens is 400 g/mol. The molecule has 1 aliphatic rings. The SMILES string of the molecule is CC1(c2ccccc2)c2cc(Br)ccc2-c2ccc(Br)cc21. The normalized spacial score (nSPS) is 14.5. The van der Waals surface area contributed by atoms with Crippen LogP contribution in [0.25, 0.3) is 11.1 Å². The van der Waals surface area contributed by atoms with Gasteiger partial charge in [0.15, 0.2) is 0 Å². The molecule has 108 valence electrons. The summed E-state index contributed by atoms with van der Waals surface area (Å²) in [6, 6.07) is 24.0. The summed E-state index contributed by atoms with van der Waals surface area (Å²) in [4.78, 5) is 0. The summed E-state index contributed by atoms with van der Waals surface area (Å²) in [7, 11) is 0. The first kappa shape index (κ1) is 14.2. The maximum Gasteiger partial charge on any atom is 0.0436 e. The van der Waals surface area contributed by atoms with Crippen molar-refractivity contribution < 1.29 is 0 Å². The maximum atomic E-state index is 3.64. The van der Waals surface area contributed by atoms with E-state index in [1.807, 2.05) is 0 Å². The first-order valence-electron chi connectivity index (χ1n) is 7.26. The molecule has 0 atom stereocenters. The van der Waals surface area contributed by atoms with Crippen molar-refractivity contribution in [1.29, 1.82) is 0 Å². The molecule has 0 saturated heterocycles. The van der Waals surface area contributed by atoms with E-state index in [4.69, 9.17) is 0 Å². The lowest BCUT2D eigenvalue weighted by Crippen LogP contribution is -2.22. The van der Waals surface area contributed by atoms with Gasteiger partial charge in [0.2, 0.25) is 0 Å². The zero-order chi connectivity index (χ0) is 15.3. The Balaban J connectivity index is 2.11. The molecule has 0 aliphatic heterocycles. The van der Waals surface area contributed by atoms with Crippen LogP contribution >= 0.6 is 31.9 Å². The summed E-state index contributed by atoms with van der Waals surface area (Å²) in [6.45, 7) is 2.33. The standard InChI is InChI=1S/C20H14Br2/c1-20(13-5-3-2-4-6-13)18-11-14(21)7-9-16(18)17-10-8-15(22)12-19(17)20/h2-12H,1H3. The smallest absolute Gasteiger partial charge is 0.0436 e. The second-order valence-electron chi connectivity index (χ2n) is 5.87. The molecule has 0 fully saturated rings. The minimum Gasteiger partial charge on any atom is -0.0622 e. The van der Waals surface area contributed by atoms with Gasteiger partial charge in [-0.15, -0.1) is 0 Å². The molecule has 0 unspecified atom stereocenters. The molecule has 0 bridgehead atoms. The average Bonchev–Trinajstić information content (AvgIpc) is 2.78. The number of halogens is 2. The summed E-state index contributed by atoms with van der Waals surface area (Å²) >= 11 is 7.28. The molecule has 0 spiro atoms. The highest BCUT2D eigenvalue weighted by molar-refractivity contribution is 9.10. The van der Waals surface area contributed by atoms with Crippen LogP contribution < -0.4 is 0 Å². The Morgan fingerprint density at radius 3 is 1.68 bits per heavy atom. The average molecular weight is 414 g/mol. The van der Waals surface area contributed by atoms with Gasteiger partial charge in [0.05, 0.1) is 0 Å². The van der Waals surface area contributed by atoms with Gasteiger partial charge < -0.3 is 0 Å². The van der Waals surface area contributed by atoms with E-state index >= 15 is 0 Å². The van der Waals surface area contributed by atoms with Crippen molar-refractivity contribution in [2.24, 2.45) is 0 Å². The van der Waals surface area contributed by atoms with Crippen molar-refractivity contribution in [3.8, 4) is 11.1 Å². The predicted molar refractivity (Wildman–Crippen MR) is 99.3 cm³/mol. The fraction of sp³-hybridized carbons (Fsp3) is 0.100. The van der Waals surface area contributed by atoms with Crippen LogP contribution in [0.2, 0.25) is 0 Å². The maximum absolute atomic E-state index is 3.64. The second-order valence-corrected chi connectivity index (χ2v) is 7.70. The van der Waals surface area contributed by atoms with E-state index in [0.29, 0.717) is 0 Å². The number of hydrogen-bond donors (Lipinski definition) is 0. The topological polar surface area (TPSA) is 0 Å². The molecule has 3 aromatic rings. The summed E-state index contributed by atoms with van der Waals surface area (Å²) in [5, 5.41) is 0. The van der Waals surface area contributed by atoms with Gasteiger partial charge in [-0.1, -0.05) is 74.3 Å². The van der Waals surface area contributed by atoms with E-state index in [1.165, 1.54) is 27.8 Å². The molecule has 0 radical (unpaired) electrons. The fourth-order valence-corrected chi connectivity index (χ4v) is 4.28. The van der Waals surface area contributed by atoms with Crippen LogP contribution in [0, 0.1) is 0 Å². The first-order valence-corrected chi connectivity index (χ1v) is 8.85. The number of rotatable bonds is 1. The lowest BCUT2D eigenvalue weighted by molar-refractivity contribution is 0.713. The van der Waals surface area contributed by atoms with Crippen LogP contribution in [0.1, 0.15) is 23.6 Å². The number of benzene rings is 3. The summed E-state index contributed by atoms with van der Waals surface area (Å²) in [5.41, 5.74) is 6.59. The highest BCUT2D eigenvalue weighted by atomic mass is 79.9. The zero-order valence-electron chi connectivity index (χ0n) is 12.1. The zero-order valence-corrected chi connectivity index (χ0v) is 15.3. The van der Waals surface area contributed by atoms with E-state index in [1.54, 1.807) is 0 Å². The van der Waals surface area contributed by atoms with Gasteiger partial charge in [0.1, 0.15) is 0 Å². The minimum absolute atomic E-state index is 0.126. The molecule has 0 nitrogen and oxygen atoms in total. The van der Waals surface area contributed by atoms with E-state index in [0.717, 1.165) is 8.95 Å². The molecule has 0 N–H and O–H groups in total. The Morgan fingerprint density at radius 1 is 0.682 bits per heavy atom. The van der Waals surface area contributed by atoms with Crippen molar-refractivity contribution in [2.75, 3.05) is 0 Å². The molecule has 2 heteroatoms. The molecule has 1 aliphatic carbocycles. The highest BCUT2D eigenvalue weighted by Gasteiger charge is 2.40.